The van der Waals surface area contributed by atoms with Gasteiger partial charge < -0.3 is 10.2 Å². The van der Waals surface area contributed by atoms with Crippen LogP contribution in [0, 0.1) is 19.8 Å². The topological polar surface area (TPSA) is 15.3 Å². The largest absolute Gasteiger partial charge is 0.372 e. The first-order valence-electron chi connectivity index (χ1n) is 7.17. The summed E-state index contributed by atoms with van der Waals surface area (Å²) in [5, 5.41) is 3.26. The fraction of sp³-hybridized carbons (Fsp3) is 0.625. The van der Waals surface area contributed by atoms with Crippen molar-refractivity contribution in [3.63, 3.8) is 0 Å². The Balaban J connectivity index is 1.90. The summed E-state index contributed by atoms with van der Waals surface area (Å²) in [6.45, 7) is 7.99. The van der Waals surface area contributed by atoms with E-state index in [1.807, 2.05) is 7.05 Å². The Bertz CT molecular complexity index is 379. The van der Waals surface area contributed by atoms with Gasteiger partial charge in [0.25, 0.3) is 0 Å². The molecule has 0 saturated carbocycles. The van der Waals surface area contributed by atoms with E-state index in [-0.39, 0.29) is 0 Å². The van der Waals surface area contributed by atoms with Gasteiger partial charge in [0.15, 0.2) is 0 Å². The van der Waals surface area contributed by atoms with Crippen molar-refractivity contribution in [3.05, 3.63) is 29.3 Å². The zero-order valence-electron chi connectivity index (χ0n) is 12.0. The zero-order valence-corrected chi connectivity index (χ0v) is 12.0. The molecule has 1 heterocycles. The van der Waals surface area contributed by atoms with Gasteiger partial charge in [0.05, 0.1) is 0 Å². The van der Waals surface area contributed by atoms with Gasteiger partial charge in [-0.3, -0.25) is 0 Å². The summed E-state index contributed by atoms with van der Waals surface area (Å²) in [7, 11) is 2.05. The summed E-state index contributed by atoms with van der Waals surface area (Å²) in [6, 6.07) is 6.86. The average molecular weight is 246 g/mol. The maximum Gasteiger partial charge on any atom is 0.0369 e. The molecule has 1 aliphatic heterocycles. The summed E-state index contributed by atoms with van der Waals surface area (Å²) in [5.41, 5.74) is 4.21. The molecular formula is C16H26N2. The highest BCUT2D eigenvalue weighted by Gasteiger charge is 2.19. The van der Waals surface area contributed by atoms with Gasteiger partial charge in [-0.15, -0.1) is 0 Å². The van der Waals surface area contributed by atoms with Crippen LogP contribution in [0.4, 0.5) is 5.69 Å². The van der Waals surface area contributed by atoms with Crippen LogP contribution >= 0.6 is 0 Å². The Morgan fingerprint density at radius 2 is 1.89 bits per heavy atom. The van der Waals surface area contributed by atoms with Crippen LogP contribution in [0.1, 0.15) is 30.4 Å². The van der Waals surface area contributed by atoms with Crippen LogP contribution in [-0.4, -0.2) is 26.7 Å². The van der Waals surface area contributed by atoms with Gasteiger partial charge in [0.1, 0.15) is 0 Å². The van der Waals surface area contributed by atoms with Crippen molar-refractivity contribution in [2.45, 2.75) is 33.1 Å². The van der Waals surface area contributed by atoms with Crippen molar-refractivity contribution in [2.75, 3.05) is 31.6 Å². The van der Waals surface area contributed by atoms with Crippen molar-refractivity contribution < 1.29 is 0 Å². The summed E-state index contributed by atoms with van der Waals surface area (Å²) in [4.78, 5) is 2.54. The molecule has 1 aromatic carbocycles. The van der Waals surface area contributed by atoms with E-state index in [2.05, 4.69) is 42.3 Å². The summed E-state index contributed by atoms with van der Waals surface area (Å²) in [5.74, 6) is 0.917. The molecule has 0 aliphatic carbocycles. The normalized spacial score (nSPS) is 17.2. The lowest BCUT2D eigenvalue weighted by molar-refractivity contribution is 0.378. The van der Waals surface area contributed by atoms with Gasteiger partial charge in [0, 0.05) is 18.8 Å². The number of hydrogen-bond donors (Lipinski definition) is 1. The lowest BCUT2D eigenvalue weighted by Crippen LogP contribution is -2.34. The van der Waals surface area contributed by atoms with Crippen LogP contribution in [0.3, 0.4) is 0 Å². The van der Waals surface area contributed by atoms with Crippen LogP contribution in [0.25, 0.3) is 0 Å². The molecule has 0 unspecified atom stereocenters. The fourth-order valence-electron chi connectivity index (χ4n) is 2.75. The molecule has 0 atom stereocenters. The summed E-state index contributed by atoms with van der Waals surface area (Å²) >= 11 is 0. The molecule has 2 nitrogen and oxygen atoms in total. The highest BCUT2D eigenvalue weighted by Crippen LogP contribution is 2.26. The average Bonchev–Trinajstić information content (AvgIpc) is 2.40. The highest BCUT2D eigenvalue weighted by molar-refractivity contribution is 5.50. The van der Waals surface area contributed by atoms with Crippen LogP contribution in [0.15, 0.2) is 18.2 Å². The Kier molecular flexibility index (Phi) is 4.65. The molecule has 2 heteroatoms. The maximum absolute atomic E-state index is 3.26. The summed E-state index contributed by atoms with van der Waals surface area (Å²) in [6.07, 6.45) is 4.01. The van der Waals surface area contributed by atoms with Crippen LogP contribution < -0.4 is 10.2 Å². The number of aryl methyl sites for hydroxylation is 2. The van der Waals surface area contributed by atoms with E-state index < -0.39 is 0 Å². The number of piperidine rings is 1. The Labute approximate surface area is 111 Å². The van der Waals surface area contributed by atoms with E-state index in [1.54, 1.807) is 0 Å². The van der Waals surface area contributed by atoms with Gasteiger partial charge in [0.2, 0.25) is 0 Å². The van der Waals surface area contributed by atoms with Crippen molar-refractivity contribution >= 4 is 5.69 Å². The standard InChI is InChI=1S/C16H26N2/c1-13-4-5-16(12-14(13)2)18-10-7-15(8-11-18)6-9-17-3/h4-5,12,15,17H,6-11H2,1-3H3. The van der Waals surface area contributed by atoms with Crippen LogP contribution in [-0.2, 0) is 0 Å². The van der Waals surface area contributed by atoms with E-state index in [0.29, 0.717) is 0 Å². The molecular weight excluding hydrogens is 220 g/mol. The van der Waals surface area contributed by atoms with Gasteiger partial charge in [-0.25, -0.2) is 0 Å². The second kappa shape index (κ2) is 6.24. The molecule has 1 N–H and O–H groups in total. The number of anilines is 1. The van der Waals surface area contributed by atoms with Crippen molar-refractivity contribution in [1.82, 2.24) is 5.32 Å². The number of nitrogens with zero attached hydrogens (tertiary/aromatic N) is 1. The third kappa shape index (κ3) is 3.26. The molecule has 1 aliphatic rings. The quantitative estimate of drug-likeness (QED) is 0.878. The molecule has 18 heavy (non-hydrogen) atoms. The van der Waals surface area contributed by atoms with Crippen LogP contribution in [0.2, 0.25) is 0 Å². The maximum atomic E-state index is 3.26. The van der Waals surface area contributed by atoms with Gasteiger partial charge in [-0.2, -0.15) is 0 Å². The van der Waals surface area contributed by atoms with Gasteiger partial charge in [-0.05, 0) is 75.9 Å². The second-order valence-electron chi connectivity index (χ2n) is 5.59. The minimum Gasteiger partial charge on any atom is -0.372 e. The Hall–Kier alpha value is -1.02. The molecule has 0 spiro atoms. The molecule has 0 aromatic heterocycles. The van der Waals surface area contributed by atoms with Crippen molar-refractivity contribution in [3.8, 4) is 0 Å². The molecule has 0 radical (unpaired) electrons. The lowest BCUT2D eigenvalue weighted by atomic mass is 9.93. The smallest absolute Gasteiger partial charge is 0.0369 e. The monoisotopic (exact) mass is 246 g/mol. The number of hydrogen-bond acceptors (Lipinski definition) is 2. The van der Waals surface area contributed by atoms with Gasteiger partial charge in [-0.1, -0.05) is 6.07 Å². The molecule has 2 rings (SSSR count). The number of benzene rings is 1. The van der Waals surface area contributed by atoms with Crippen LogP contribution in [0.5, 0.6) is 0 Å². The fourth-order valence-corrected chi connectivity index (χ4v) is 2.75. The molecule has 1 fully saturated rings. The number of nitrogens with one attached hydrogen (secondary N) is 1. The minimum absolute atomic E-state index is 0.917. The number of rotatable bonds is 4. The Morgan fingerprint density at radius 3 is 2.50 bits per heavy atom. The van der Waals surface area contributed by atoms with Gasteiger partial charge >= 0.3 is 0 Å². The molecule has 1 saturated heterocycles. The molecule has 0 amide bonds. The van der Waals surface area contributed by atoms with Crippen molar-refractivity contribution in [2.24, 2.45) is 5.92 Å². The first kappa shape index (κ1) is 13.4. The van der Waals surface area contributed by atoms with E-state index in [4.69, 9.17) is 0 Å². The highest BCUT2D eigenvalue weighted by atomic mass is 15.1. The predicted molar refractivity (Wildman–Crippen MR) is 79.4 cm³/mol. The zero-order chi connectivity index (χ0) is 13.0. The SMILES string of the molecule is CNCCC1CCN(c2ccc(C)c(C)c2)CC1. The third-order valence-corrected chi connectivity index (χ3v) is 4.27. The Morgan fingerprint density at radius 1 is 1.17 bits per heavy atom. The molecule has 0 bridgehead atoms. The second-order valence-corrected chi connectivity index (χ2v) is 5.59. The third-order valence-electron chi connectivity index (χ3n) is 4.27. The van der Waals surface area contributed by atoms with E-state index in [9.17, 15) is 0 Å². The minimum atomic E-state index is 0.917. The van der Waals surface area contributed by atoms with E-state index >= 15 is 0 Å². The first-order chi connectivity index (χ1) is 8.70. The first-order valence-corrected chi connectivity index (χ1v) is 7.17. The predicted octanol–water partition coefficient (Wildman–Crippen LogP) is 3.13. The van der Waals surface area contributed by atoms with E-state index in [0.717, 1.165) is 12.5 Å². The summed E-state index contributed by atoms with van der Waals surface area (Å²) < 4.78 is 0. The van der Waals surface area contributed by atoms with E-state index in [1.165, 1.54) is 49.2 Å². The molecule has 100 valence electrons. The molecule has 1 aromatic rings. The van der Waals surface area contributed by atoms with Crippen molar-refractivity contribution in [1.29, 1.82) is 0 Å². The lowest BCUT2D eigenvalue weighted by Gasteiger charge is -2.34.